The number of imidazole rings is 1. The lowest BCUT2D eigenvalue weighted by Crippen LogP contribution is -2.04. The van der Waals surface area contributed by atoms with Crippen molar-refractivity contribution in [3.8, 4) is 11.4 Å². The highest BCUT2D eigenvalue weighted by Crippen LogP contribution is 2.30. The van der Waals surface area contributed by atoms with Crippen LogP contribution in [0.1, 0.15) is 11.3 Å². The predicted octanol–water partition coefficient (Wildman–Crippen LogP) is 4.17. The van der Waals surface area contributed by atoms with Crippen molar-refractivity contribution in [2.24, 2.45) is 0 Å². The average molecular weight is 305 g/mol. The Bertz CT molecular complexity index is 546. The molecular formula is C11H8BrF3N2. The van der Waals surface area contributed by atoms with Crippen LogP contribution in [-0.2, 0) is 6.18 Å². The van der Waals surface area contributed by atoms with Crippen molar-refractivity contribution in [2.75, 3.05) is 0 Å². The highest BCUT2D eigenvalue weighted by atomic mass is 79.9. The molecule has 0 spiro atoms. The first kappa shape index (κ1) is 12.2. The molecule has 0 saturated carbocycles. The van der Waals surface area contributed by atoms with E-state index in [1.807, 2.05) is 13.0 Å². The summed E-state index contributed by atoms with van der Waals surface area (Å²) in [6, 6.07) is 5.27. The smallest absolute Gasteiger partial charge is 0.334 e. The lowest BCUT2D eigenvalue weighted by Gasteiger charge is -2.03. The topological polar surface area (TPSA) is 28.7 Å². The number of benzene rings is 1. The number of hydrogen-bond acceptors (Lipinski definition) is 1. The van der Waals surface area contributed by atoms with Crippen molar-refractivity contribution in [3.05, 3.63) is 40.1 Å². The molecule has 1 heterocycles. The summed E-state index contributed by atoms with van der Waals surface area (Å²) < 4.78 is 38.0. The minimum absolute atomic E-state index is 0.207. The standard InChI is InChI=1S/C11H8BrF3N2/c1-6-2-3-7(4-8(6)12)10-16-5-9(17-10)11(13,14)15/h2-5H,1H3,(H,16,17). The van der Waals surface area contributed by atoms with Gasteiger partial charge in [-0.1, -0.05) is 28.1 Å². The summed E-state index contributed by atoms with van der Waals surface area (Å²) in [6.45, 7) is 1.90. The lowest BCUT2D eigenvalue weighted by molar-refractivity contribution is -0.140. The fraction of sp³-hybridized carbons (Fsp3) is 0.182. The van der Waals surface area contributed by atoms with Gasteiger partial charge < -0.3 is 4.98 Å². The highest BCUT2D eigenvalue weighted by Gasteiger charge is 2.33. The van der Waals surface area contributed by atoms with Crippen molar-refractivity contribution < 1.29 is 13.2 Å². The number of alkyl halides is 3. The minimum atomic E-state index is -4.40. The zero-order valence-corrected chi connectivity index (χ0v) is 10.4. The molecule has 0 amide bonds. The first-order chi connectivity index (χ1) is 7.88. The monoisotopic (exact) mass is 304 g/mol. The molecule has 1 aromatic heterocycles. The molecular weight excluding hydrogens is 297 g/mol. The van der Waals surface area contributed by atoms with Crippen LogP contribution in [0.25, 0.3) is 11.4 Å². The Morgan fingerprint density at radius 2 is 2.00 bits per heavy atom. The van der Waals surface area contributed by atoms with E-state index >= 15 is 0 Å². The van der Waals surface area contributed by atoms with E-state index in [0.29, 0.717) is 5.56 Å². The molecule has 0 bridgehead atoms. The quantitative estimate of drug-likeness (QED) is 0.842. The van der Waals surface area contributed by atoms with Crippen molar-refractivity contribution in [2.45, 2.75) is 13.1 Å². The van der Waals surface area contributed by atoms with Crippen LogP contribution in [0.15, 0.2) is 28.9 Å². The first-order valence-corrected chi connectivity index (χ1v) is 5.56. The molecule has 0 aliphatic rings. The second kappa shape index (κ2) is 4.18. The van der Waals surface area contributed by atoms with Gasteiger partial charge in [0.05, 0.1) is 6.20 Å². The van der Waals surface area contributed by atoms with E-state index in [4.69, 9.17) is 0 Å². The van der Waals surface area contributed by atoms with E-state index < -0.39 is 11.9 Å². The largest absolute Gasteiger partial charge is 0.432 e. The van der Waals surface area contributed by atoms with E-state index in [1.165, 1.54) is 0 Å². The van der Waals surface area contributed by atoms with Gasteiger partial charge in [-0.25, -0.2) is 4.98 Å². The fourth-order valence-electron chi connectivity index (χ4n) is 1.35. The van der Waals surface area contributed by atoms with E-state index in [1.54, 1.807) is 12.1 Å². The van der Waals surface area contributed by atoms with Crippen LogP contribution in [0.5, 0.6) is 0 Å². The number of aryl methyl sites for hydroxylation is 1. The number of nitrogens with zero attached hydrogens (tertiary/aromatic N) is 1. The van der Waals surface area contributed by atoms with Crippen molar-refractivity contribution in [1.29, 1.82) is 0 Å². The van der Waals surface area contributed by atoms with Crippen LogP contribution >= 0.6 is 15.9 Å². The van der Waals surface area contributed by atoms with Crippen LogP contribution in [0.2, 0.25) is 0 Å². The maximum atomic E-state index is 12.4. The summed E-state index contributed by atoms with van der Waals surface area (Å²) in [7, 11) is 0. The fourth-order valence-corrected chi connectivity index (χ4v) is 1.73. The van der Waals surface area contributed by atoms with Crippen LogP contribution in [0.3, 0.4) is 0 Å². The zero-order valence-electron chi connectivity index (χ0n) is 8.77. The Morgan fingerprint density at radius 1 is 1.29 bits per heavy atom. The predicted molar refractivity (Wildman–Crippen MR) is 61.5 cm³/mol. The van der Waals surface area contributed by atoms with Crippen molar-refractivity contribution in [3.63, 3.8) is 0 Å². The molecule has 0 fully saturated rings. The van der Waals surface area contributed by atoms with Gasteiger partial charge in [0.15, 0.2) is 0 Å². The van der Waals surface area contributed by atoms with Crippen molar-refractivity contribution >= 4 is 15.9 Å². The molecule has 1 aromatic carbocycles. The summed E-state index contributed by atoms with van der Waals surface area (Å²) in [4.78, 5) is 5.99. The molecule has 2 rings (SSSR count). The Kier molecular flexibility index (Phi) is 2.99. The van der Waals surface area contributed by atoms with Gasteiger partial charge in [0, 0.05) is 10.0 Å². The van der Waals surface area contributed by atoms with E-state index in [2.05, 4.69) is 25.9 Å². The summed E-state index contributed by atoms with van der Waals surface area (Å²) in [6.07, 6.45) is -3.60. The third kappa shape index (κ3) is 2.52. The molecule has 1 N–H and O–H groups in total. The van der Waals surface area contributed by atoms with Gasteiger partial charge in [0.1, 0.15) is 11.5 Å². The average Bonchev–Trinajstić information content (AvgIpc) is 2.70. The molecule has 0 aliphatic carbocycles. The first-order valence-electron chi connectivity index (χ1n) is 4.76. The summed E-state index contributed by atoms with van der Waals surface area (Å²) in [5, 5.41) is 0. The Hall–Kier alpha value is -1.30. The van der Waals surface area contributed by atoms with Gasteiger partial charge in [0.2, 0.25) is 0 Å². The Morgan fingerprint density at radius 3 is 2.53 bits per heavy atom. The van der Waals surface area contributed by atoms with Crippen LogP contribution in [0.4, 0.5) is 13.2 Å². The number of hydrogen-bond donors (Lipinski definition) is 1. The Balaban J connectivity index is 2.40. The summed E-state index contributed by atoms with van der Waals surface area (Å²) >= 11 is 3.33. The summed E-state index contributed by atoms with van der Waals surface area (Å²) in [5.74, 6) is 0.207. The third-order valence-electron chi connectivity index (χ3n) is 2.33. The van der Waals surface area contributed by atoms with Gasteiger partial charge >= 0.3 is 6.18 Å². The van der Waals surface area contributed by atoms with E-state index in [-0.39, 0.29) is 5.82 Å². The number of nitrogens with one attached hydrogen (secondary N) is 1. The van der Waals surface area contributed by atoms with Gasteiger partial charge in [0.25, 0.3) is 0 Å². The molecule has 2 aromatic rings. The molecule has 6 heteroatoms. The number of aromatic amines is 1. The number of H-pyrrole nitrogens is 1. The van der Waals surface area contributed by atoms with Crippen LogP contribution < -0.4 is 0 Å². The van der Waals surface area contributed by atoms with Crippen LogP contribution in [-0.4, -0.2) is 9.97 Å². The molecule has 0 radical (unpaired) electrons. The normalized spacial score (nSPS) is 11.8. The lowest BCUT2D eigenvalue weighted by atomic mass is 10.1. The minimum Gasteiger partial charge on any atom is -0.334 e. The van der Waals surface area contributed by atoms with E-state index in [9.17, 15) is 13.2 Å². The molecule has 17 heavy (non-hydrogen) atoms. The molecule has 0 unspecified atom stereocenters. The van der Waals surface area contributed by atoms with Crippen molar-refractivity contribution in [1.82, 2.24) is 9.97 Å². The SMILES string of the molecule is Cc1ccc(-c2ncc(C(F)(F)F)[nH]2)cc1Br. The second-order valence-corrected chi connectivity index (χ2v) is 4.46. The second-order valence-electron chi connectivity index (χ2n) is 3.61. The molecule has 0 atom stereocenters. The molecule has 0 aliphatic heterocycles. The third-order valence-corrected chi connectivity index (χ3v) is 3.18. The number of aromatic nitrogens is 2. The summed E-state index contributed by atoms with van der Waals surface area (Å²) in [5.41, 5.74) is 0.776. The van der Waals surface area contributed by atoms with Gasteiger partial charge in [-0.15, -0.1) is 0 Å². The Labute approximate surface area is 104 Å². The zero-order chi connectivity index (χ0) is 12.6. The van der Waals surface area contributed by atoms with Crippen LogP contribution in [0, 0.1) is 6.92 Å². The van der Waals surface area contributed by atoms with Gasteiger partial charge in [-0.05, 0) is 18.6 Å². The molecule has 90 valence electrons. The number of rotatable bonds is 1. The maximum Gasteiger partial charge on any atom is 0.432 e. The molecule has 2 nitrogen and oxygen atoms in total. The highest BCUT2D eigenvalue weighted by molar-refractivity contribution is 9.10. The molecule has 0 saturated heterocycles. The maximum absolute atomic E-state index is 12.4. The van der Waals surface area contributed by atoms with Gasteiger partial charge in [-0.2, -0.15) is 13.2 Å². The van der Waals surface area contributed by atoms with Gasteiger partial charge in [-0.3, -0.25) is 0 Å². The van der Waals surface area contributed by atoms with E-state index in [0.717, 1.165) is 16.2 Å². The number of halogens is 4.